The Morgan fingerprint density at radius 3 is 2.52 bits per heavy atom. The molecule has 0 aromatic heterocycles. The highest BCUT2D eigenvalue weighted by Gasteiger charge is 2.41. The van der Waals surface area contributed by atoms with Crippen LogP contribution in [0.25, 0.3) is 10.4 Å². The summed E-state index contributed by atoms with van der Waals surface area (Å²) < 4.78 is 5.16. The molecule has 0 N–H and O–H groups in total. The van der Waals surface area contributed by atoms with Crippen molar-refractivity contribution in [1.82, 2.24) is 4.90 Å². The van der Waals surface area contributed by atoms with Crippen molar-refractivity contribution in [2.75, 3.05) is 0 Å². The molecule has 0 saturated carbocycles. The van der Waals surface area contributed by atoms with Gasteiger partial charge in [0.05, 0.1) is 12.5 Å². The van der Waals surface area contributed by atoms with E-state index in [0.29, 0.717) is 16.9 Å². The van der Waals surface area contributed by atoms with Crippen LogP contribution in [-0.4, -0.2) is 28.4 Å². The number of benzene rings is 1. The highest BCUT2D eigenvalue weighted by molar-refractivity contribution is 6.12. The number of azide groups is 1. The second kappa shape index (κ2) is 7.36. The van der Waals surface area contributed by atoms with Crippen molar-refractivity contribution >= 4 is 17.9 Å². The van der Waals surface area contributed by atoms with Gasteiger partial charge in [0.2, 0.25) is 11.8 Å². The highest BCUT2D eigenvalue weighted by atomic mass is 16.6. The van der Waals surface area contributed by atoms with Crippen LogP contribution in [0.15, 0.2) is 29.4 Å². The zero-order valence-corrected chi connectivity index (χ0v) is 14.4. The number of carbonyl (C=O) groups is 3. The molecule has 1 unspecified atom stereocenters. The lowest BCUT2D eigenvalue weighted by molar-refractivity contribution is -0.147. The number of nitrogens with zero attached hydrogens (tertiary/aromatic N) is 4. The van der Waals surface area contributed by atoms with Crippen LogP contribution in [0.1, 0.15) is 50.7 Å². The van der Waals surface area contributed by atoms with Crippen molar-refractivity contribution in [2.24, 2.45) is 5.11 Å². The summed E-state index contributed by atoms with van der Waals surface area (Å²) in [6.45, 7) is 5.23. The summed E-state index contributed by atoms with van der Waals surface area (Å²) in [6, 6.07) is 7.00. The average Bonchev–Trinajstić information content (AvgIpc) is 2.52. The minimum Gasteiger partial charge on any atom is -0.443 e. The molecule has 0 radical (unpaired) electrons. The van der Waals surface area contributed by atoms with Crippen LogP contribution in [0.4, 0.5) is 4.79 Å². The molecule has 0 bridgehead atoms. The smallest absolute Gasteiger partial charge is 0.424 e. The third-order valence-electron chi connectivity index (χ3n) is 3.69. The topological polar surface area (TPSA) is 112 Å². The summed E-state index contributed by atoms with van der Waals surface area (Å²) in [4.78, 5) is 40.2. The standard InChI is InChI=1S/C17H20N4O4/c1-17(2,3)25-16(24)21-14(22)9-8-13(15(21)23)12-6-4-11(5-7-12)10-19-20-18/h4-7,13H,8-10H2,1-3H3. The molecule has 132 valence electrons. The lowest BCUT2D eigenvalue weighted by Crippen LogP contribution is -2.49. The number of imide groups is 3. The summed E-state index contributed by atoms with van der Waals surface area (Å²) >= 11 is 0. The molecule has 2 rings (SSSR count). The first kappa shape index (κ1) is 18.5. The molecule has 8 heteroatoms. The first-order chi connectivity index (χ1) is 11.7. The summed E-state index contributed by atoms with van der Waals surface area (Å²) in [5.41, 5.74) is 9.06. The quantitative estimate of drug-likeness (QED) is 0.360. The van der Waals surface area contributed by atoms with E-state index in [1.54, 1.807) is 45.0 Å². The second-order valence-corrected chi connectivity index (χ2v) is 6.77. The second-order valence-electron chi connectivity index (χ2n) is 6.77. The van der Waals surface area contributed by atoms with Crippen LogP contribution >= 0.6 is 0 Å². The maximum Gasteiger partial charge on any atom is 0.424 e. The first-order valence-corrected chi connectivity index (χ1v) is 7.92. The van der Waals surface area contributed by atoms with Gasteiger partial charge in [-0.25, -0.2) is 4.79 Å². The Labute approximate surface area is 145 Å². The molecular weight excluding hydrogens is 324 g/mol. The Balaban J connectivity index is 2.19. The number of carbonyl (C=O) groups excluding carboxylic acids is 3. The van der Waals surface area contributed by atoms with Crippen molar-refractivity contribution in [2.45, 2.75) is 51.7 Å². The van der Waals surface area contributed by atoms with E-state index in [1.807, 2.05) is 0 Å². The van der Waals surface area contributed by atoms with Gasteiger partial charge in [0, 0.05) is 11.3 Å². The largest absolute Gasteiger partial charge is 0.443 e. The number of hydrogen-bond acceptors (Lipinski definition) is 5. The normalized spacial score (nSPS) is 17.9. The molecule has 8 nitrogen and oxygen atoms in total. The lowest BCUT2D eigenvalue weighted by Gasteiger charge is -2.31. The maximum absolute atomic E-state index is 12.7. The minimum absolute atomic E-state index is 0.0934. The van der Waals surface area contributed by atoms with Crippen molar-refractivity contribution in [3.63, 3.8) is 0 Å². The van der Waals surface area contributed by atoms with E-state index in [4.69, 9.17) is 10.3 Å². The Morgan fingerprint density at radius 2 is 1.96 bits per heavy atom. The van der Waals surface area contributed by atoms with E-state index in [1.165, 1.54) is 0 Å². The third-order valence-corrected chi connectivity index (χ3v) is 3.69. The molecule has 1 heterocycles. The molecule has 1 fully saturated rings. The van der Waals surface area contributed by atoms with E-state index < -0.39 is 29.4 Å². The Morgan fingerprint density at radius 1 is 1.32 bits per heavy atom. The molecule has 1 aromatic rings. The summed E-state index contributed by atoms with van der Waals surface area (Å²) in [5, 5.41) is 3.48. The van der Waals surface area contributed by atoms with Crippen LogP contribution in [0, 0.1) is 0 Å². The van der Waals surface area contributed by atoms with Gasteiger partial charge in [-0.3, -0.25) is 9.59 Å². The number of likely N-dealkylation sites (tertiary alicyclic amines) is 1. The van der Waals surface area contributed by atoms with E-state index in [-0.39, 0.29) is 13.0 Å². The van der Waals surface area contributed by atoms with Gasteiger partial charge < -0.3 is 4.74 Å². The number of piperidine rings is 1. The molecule has 1 aliphatic heterocycles. The average molecular weight is 344 g/mol. The maximum atomic E-state index is 12.7. The van der Waals surface area contributed by atoms with Crippen LogP contribution in [0.5, 0.6) is 0 Å². The fourth-order valence-corrected chi connectivity index (χ4v) is 2.56. The molecule has 25 heavy (non-hydrogen) atoms. The molecule has 1 atom stereocenters. The Kier molecular flexibility index (Phi) is 5.44. The fraction of sp³-hybridized carbons (Fsp3) is 0.471. The summed E-state index contributed by atoms with van der Waals surface area (Å²) in [7, 11) is 0. The molecule has 1 saturated heterocycles. The first-order valence-electron chi connectivity index (χ1n) is 7.92. The Bertz CT molecular complexity index is 730. The highest BCUT2D eigenvalue weighted by Crippen LogP contribution is 2.30. The number of amides is 3. The van der Waals surface area contributed by atoms with Gasteiger partial charge in [0.15, 0.2) is 0 Å². The van der Waals surface area contributed by atoms with Crippen LogP contribution < -0.4 is 0 Å². The van der Waals surface area contributed by atoms with E-state index in [0.717, 1.165) is 5.56 Å². The van der Waals surface area contributed by atoms with Gasteiger partial charge in [-0.05, 0) is 43.9 Å². The zero-order valence-electron chi connectivity index (χ0n) is 14.4. The van der Waals surface area contributed by atoms with Crippen LogP contribution in [-0.2, 0) is 20.9 Å². The van der Waals surface area contributed by atoms with Crippen molar-refractivity contribution in [3.05, 3.63) is 45.8 Å². The Hall–Kier alpha value is -2.86. The van der Waals surface area contributed by atoms with E-state index >= 15 is 0 Å². The van der Waals surface area contributed by atoms with E-state index in [9.17, 15) is 14.4 Å². The SMILES string of the molecule is CC(C)(C)OC(=O)N1C(=O)CCC(c2ccc(CN=[N+]=[N-])cc2)C1=O. The fourth-order valence-electron chi connectivity index (χ4n) is 2.56. The molecule has 0 spiro atoms. The van der Waals surface area contributed by atoms with Gasteiger partial charge in [-0.1, -0.05) is 29.4 Å². The third kappa shape index (κ3) is 4.58. The van der Waals surface area contributed by atoms with Crippen molar-refractivity contribution in [3.8, 4) is 0 Å². The molecule has 3 amide bonds. The monoisotopic (exact) mass is 344 g/mol. The number of ether oxygens (including phenoxy) is 1. The summed E-state index contributed by atoms with van der Waals surface area (Å²) in [6.07, 6.45) is -0.504. The van der Waals surface area contributed by atoms with Crippen LogP contribution in [0.2, 0.25) is 0 Å². The van der Waals surface area contributed by atoms with Gasteiger partial charge in [0.1, 0.15) is 5.60 Å². The lowest BCUT2D eigenvalue weighted by atomic mass is 9.89. The zero-order chi connectivity index (χ0) is 18.6. The van der Waals surface area contributed by atoms with Gasteiger partial charge in [0.25, 0.3) is 0 Å². The van der Waals surface area contributed by atoms with Crippen LogP contribution in [0.3, 0.4) is 0 Å². The van der Waals surface area contributed by atoms with Crippen molar-refractivity contribution in [1.29, 1.82) is 0 Å². The predicted molar refractivity (Wildman–Crippen MR) is 89.4 cm³/mol. The van der Waals surface area contributed by atoms with Crippen molar-refractivity contribution < 1.29 is 19.1 Å². The van der Waals surface area contributed by atoms with Gasteiger partial charge in [-0.2, -0.15) is 4.90 Å². The number of rotatable bonds is 3. The molecule has 1 aliphatic rings. The van der Waals surface area contributed by atoms with Gasteiger partial charge >= 0.3 is 6.09 Å². The molecule has 1 aromatic carbocycles. The predicted octanol–water partition coefficient (Wildman–Crippen LogP) is 3.66. The number of hydrogen-bond donors (Lipinski definition) is 0. The van der Waals surface area contributed by atoms with Gasteiger partial charge in [-0.15, -0.1) is 0 Å². The summed E-state index contributed by atoms with van der Waals surface area (Å²) in [5.74, 6) is -1.71. The van der Waals surface area contributed by atoms with E-state index in [2.05, 4.69) is 10.0 Å². The molecule has 0 aliphatic carbocycles. The minimum atomic E-state index is -0.938. The molecular formula is C17H20N4O4.